The van der Waals surface area contributed by atoms with Crippen LogP contribution in [0.1, 0.15) is 30.6 Å². The summed E-state index contributed by atoms with van der Waals surface area (Å²) in [6.45, 7) is 5.16. The number of nitrogens with one attached hydrogen (secondary N) is 2. The predicted octanol–water partition coefficient (Wildman–Crippen LogP) is 1.42. The van der Waals surface area contributed by atoms with Crippen LogP contribution >= 0.6 is 0 Å². The van der Waals surface area contributed by atoms with Crippen LogP contribution in [0.15, 0.2) is 24.3 Å². The van der Waals surface area contributed by atoms with Crippen LogP contribution in [0.4, 0.5) is 0 Å². The molecule has 0 fully saturated rings. The van der Waals surface area contributed by atoms with E-state index in [4.69, 9.17) is 4.74 Å². The van der Waals surface area contributed by atoms with Gasteiger partial charge in [0.2, 0.25) is 0 Å². The first-order valence-corrected chi connectivity index (χ1v) is 7.00. The number of benzene rings is 1. The van der Waals surface area contributed by atoms with Crippen LogP contribution in [0.2, 0.25) is 0 Å². The lowest BCUT2D eigenvalue weighted by Gasteiger charge is -2.25. The van der Waals surface area contributed by atoms with Gasteiger partial charge in [-0.1, -0.05) is 31.2 Å². The minimum atomic E-state index is -0.448. The summed E-state index contributed by atoms with van der Waals surface area (Å²) in [6, 6.07) is 8.01. The molecular formula is C15H22N2O2. The van der Waals surface area contributed by atoms with Crippen LogP contribution < -0.4 is 10.6 Å². The van der Waals surface area contributed by atoms with Gasteiger partial charge in [-0.15, -0.1) is 0 Å². The molecule has 1 aromatic carbocycles. The van der Waals surface area contributed by atoms with Crippen molar-refractivity contribution in [2.75, 3.05) is 26.2 Å². The van der Waals surface area contributed by atoms with Crippen molar-refractivity contribution in [2.45, 2.75) is 25.9 Å². The van der Waals surface area contributed by atoms with Gasteiger partial charge >= 0.3 is 0 Å². The summed E-state index contributed by atoms with van der Waals surface area (Å²) in [6.07, 6.45) is 1.54. The highest BCUT2D eigenvalue weighted by molar-refractivity contribution is 5.82. The Balaban J connectivity index is 1.86. The van der Waals surface area contributed by atoms with E-state index in [1.54, 1.807) is 0 Å². The topological polar surface area (TPSA) is 50.4 Å². The number of fused-ring (bicyclic) bond motifs is 1. The normalized spacial score (nSPS) is 17.8. The highest BCUT2D eigenvalue weighted by atomic mass is 16.5. The van der Waals surface area contributed by atoms with E-state index in [0.29, 0.717) is 13.2 Å². The van der Waals surface area contributed by atoms with Crippen molar-refractivity contribution in [2.24, 2.45) is 0 Å². The van der Waals surface area contributed by atoms with Gasteiger partial charge in [0.05, 0.1) is 6.61 Å². The minimum Gasteiger partial charge on any atom is -0.363 e. The van der Waals surface area contributed by atoms with Gasteiger partial charge in [0.15, 0.2) is 6.10 Å². The summed E-state index contributed by atoms with van der Waals surface area (Å²) in [4.78, 5) is 12.1. The molecule has 0 aromatic heterocycles. The lowest BCUT2D eigenvalue weighted by Crippen LogP contribution is -2.37. The summed E-state index contributed by atoms with van der Waals surface area (Å²) >= 11 is 0. The fourth-order valence-corrected chi connectivity index (χ4v) is 2.28. The predicted molar refractivity (Wildman–Crippen MR) is 75.0 cm³/mol. The third kappa shape index (κ3) is 3.78. The minimum absolute atomic E-state index is 0.0366. The third-order valence-corrected chi connectivity index (χ3v) is 3.26. The largest absolute Gasteiger partial charge is 0.363 e. The van der Waals surface area contributed by atoms with Gasteiger partial charge in [-0.2, -0.15) is 0 Å². The number of rotatable bonds is 6. The van der Waals surface area contributed by atoms with Crippen LogP contribution in [-0.4, -0.2) is 32.1 Å². The molecule has 1 aliphatic rings. The van der Waals surface area contributed by atoms with Crippen molar-refractivity contribution in [3.05, 3.63) is 35.4 Å². The Morgan fingerprint density at radius 3 is 3.00 bits per heavy atom. The number of carbonyl (C=O) groups excluding carboxylic acids is 1. The van der Waals surface area contributed by atoms with Crippen molar-refractivity contribution in [3.8, 4) is 0 Å². The molecular weight excluding hydrogens is 240 g/mol. The Morgan fingerprint density at radius 1 is 1.32 bits per heavy atom. The Labute approximate surface area is 114 Å². The van der Waals surface area contributed by atoms with Crippen LogP contribution in [-0.2, 0) is 16.0 Å². The summed E-state index contributed by atoms with van der Waals surface area (Å²) in [5.41, 5.74) is 2.23. The molecule has 1 heterocycles. The molecule has 4 heteroatoms. The second-order valence-corrected chi connectivity index (χ2v) is 4.74. The molecule has 1 aliphatic heterocycles. The highest BCUT2D eigenvalue weighted by Gasteiger charge is 2.26. The van der Waals surface area contributed by atoms with Crippen molar-refractivity contribution < 1.29 is 9.53 Å². The first-order valence-electron chi connectivity index (χ1n) is 7.00. The molecule has 19 heavy (non-hydrogen) atoms. The van der Waals surface area contributed by atoms with E-state index in [9.17, 15) is 4.79 Å². The molecule has 1 amide bonds. The molecule has 1 aromatic rings. The Morgan fingerprint density at radius 2 is 2.16 bits per heavy atom. The van der Waals surface area contributed by atoms with E-state index in [-0.39, 0.29) is 5.91 Å². The lowest BCUT2D eigenvalue weighted by molar-refractivity contribution is -0.134. The summed E-state index contributed by atoms with van der Waals surface area (Å²) in [5, 5.41) is 6.18. The van der Waals surface area contributed by atoms with Gasteiger partial charge in [-0.25, -0.2) is 0 Å². The molecule has 0 spiro atoms. The van der Waals surface area contributed by atoms with Gasteiger partial charge in [0, 0.05) is 13.1 Å². The van der Waals surface area contributed by atoms with Crippen molar-refractivity contribution in [1.29, 1.82) is 0 Å². The average Bonchev–Trinajstić information content (AvgIpc) is 2.46. The molecule has 1 atom stereocenters. The van der Waals surface area contributed by atoms with Crippen LogP contribution in [0.3, 0.4) is 0 Å². The van der Waals surface area contributed by atoms with E-state index in [0.717, 1.165) is 31.5 Å². The fourth-order valence-electron chi connectivity index (χ4n) is 2.28. The standard InChI is InChI=1S/C15H22N2O2/c1-2-8-16-9-10-17-15(18)14-13-6-4-3-5-12(13)7-11-19-14/h3-6,14,16H,2,7-11H2,1H3,(H,17,18). The summed E-state index contributed by atoms with van der Waals surface area (Å²) < 4.78 is 5.61. The van der Waals surface area contributed by atoms with E-state index < -0.39 is 6.10 Å². The van der Waals surface area contributed by atoms with Gasteiger partial charge in [-0.05, 0) is 30.5 Å². The van der Waals surface area contributed by atoms with Crippen molar-refractivity contribution >= 4 is 5.91 Å². The molecule has 0 bridgehead atoms. The second-order valence-electron chi connectivity index (χ2n) is 4.74. The summed E-state index contributed by atoms with van der Waals surface area (Å²) in [5.74, 6) is -0.0366. The van der Waals surface area contributed by atoms with E-state index in [2.05, 4.69) is 23.6 Å². The number of carbonyl (C=O) groups is 1. The van der Waals surface area contributed by atoms with Crippen LogP contribution in [0.25, 0.3) is 0 Å². The zero-order valence-electron chi connectivity index (χ0n) is 11.4. The van der Waals surface area contributed by atoms with Gasteiger partial charge in [0.1, 0.15) is 0 Å². The highest BCUT2D eigenvalue weighted by Crippen LogP contribution is 2.26. The van der Waals surface area contributed by atoms with Gasteiger partial charge in [0.25, 0.3) is 5.91 Å². The van der Waals surface area contributed by atoms with Crippen LogP contribution in [0, 0.1) is 0 Å². The number of hydrogen-bond donors (Lipinski definition) is 2. The van der Waals surface area contributed by atoms with E-state index >= 15 is 0 Å². The Hall–Kier alpha value is -1.39. The Kier molecular flexibility index (Phi) is 5.36. The first-order chi connectivity index (χ1) is 9.33. The zero-order valence-corrected chi connectivity index (χ0v) is 11.4. The molecule has 4 nitrogen and oxygen atoms in total. The number of hydrogen-bond acceptors (Lipinski definition) is 3. The molecule has 2 N–H and O–H groups in total. The van der Waals surface area contributed by atoms with E-state index in [1.165, 1.54) is 5.56 Å². The van der Waals surface area contributed by atoms with Gasteiger partial charge < -0.3 is 15.4 Å². The molecule has 0 radical (unpaired) electrons. The average molecular weight is 262 g/mol. The molecule has 2 rings (SSSR count). The molecule has 104 valence electrons. The fraction of sp³-hybridized carbons (Fsp3) is 0.533. The monoisotopic (exact) mass is 262 g/mol. The second kappa shape index (κ2) is 7.26. The lowest BCUT2D eigenvalue weighted by atomic mass is 9.97. The maximum Gasteiger partial charge on any atom is 0.253 e. The van der Waals surface area contributed by atoms with Crippen molar-refractivity contribution in [3.63, 3.8) is 0 Å². The van der Waals surface area contributed by atoms with Crippen LogP contribution in [0.5, 0.6) is 0 Å². The van der Waals surface area contributed by atoms with Crippen molar-refractivity contribution in [1.82, 2.24) is 10.6 Å². The first kappa shape index (κ1) is 14.0. The zero-order chi connectivity index (χ0) is 13.5. The number of ether oxygens (including phenoxy) is 1. The van der Waals surface area contributed by atoms with E-state index in [1.807, 2.05) is 18.2 Å². The summed E-state index contributed by atoms with van der Waals surface area (Å²) in [7, 11) is 0. The molecule has 1 unspecified atom stereocenters. The quantitative estimate of drug-likeness (QED) is 0.762. The number of amides is 1. The third-order valence-electron chi connectivity index (χ3n) is 3.26. The SMILES string of the molecule is CCCNCCNC(=O)C1OCCc2ccccc21. The maximum absolute atomic E-state index is 12.1. The molecule has 0 aliphatic carbocycles. The Bertz CT molecular complexity index is 420. The smallest absolute Gasteiger partial charge is 0.253 e. The molecule has 0 saturated heterocycles. The molecule has 0 saturated carbocycles. The maximum atomic E-state index is 12.1. The van der Waals surface area contributed by atoms with Gasteiger partial charge in [-0.3, -0.25) is 4.79 Å².